The lowest BCUT2D eigenvalue weighted by molar-refractivity contribution is -0.172. The lowest BCUT2D eigenvalue weighted by Gasteiger charge is -2.42. The number of hydrogen-bond acceptors (Lipinski definition) is 9. The molecule has 3 rings (SSSR count). The molecule has 3 aliphatic rings. The second kappa shape index (κ2) is 13.3. The van der Waals surface area contributed by atoms with Crippen LogP contribution >= 0.6 is 0 Å². The number of rotatable bonds is 16. The van der Waals surface area contributed by atoms with E-state index in [1.165, 1.54) is 5.57 Å². The lowest BCUT2D eigenvalue weighted by atomic mass is 9.68. The number of amides is 1. The van der Waals surface area contributed by atoms with Crippen molar-refractivity contribution in [3.8, 4) is 0 Å². The van der Waals surface area contributed by atoms with Crippen molar-refractivity contribution in [3.05, 3.63) is 11.6 Å². The van der Waals surface area contributed by atoms with Crippen LogP contribution in [0.4, 0.5) is 0 Å². The Labute approximate surface area is 214 Å². The van der Waals surface area contributed by atoms with E-state index in [0.29, 0.717) is 46.0 Å². The van der Waals surface area contributed by atoms with Crippen molar-refractivity contribution in [3.63, 3.8) is 0 Å². The molecule has 10 nitrogen and oxygen atoms in total. The van der Waals surface area contributed by atoms with Crippen LogP contribution in [0.15, 0.2) is 11.6 Å². The molecule has 3 unspecified atom stereocenters. The molecular weight excluding hydrogens is 468 g/mol. The first kappa shape index (κ1) is 29.0. The first-order chi connectivity index (χ1) is 17.3. The quantitative estimate of drug-likeness (QED) is 0.136. The molecule has 0 radical (unpaired) electrons. The van der Waals surface area contributed by atoms with E-state index >= 15 is 0 Å². The standard InChI is InChI=1S/C26H44N2O8/c1-18(2)7-8-20-25(3,36-20)24-23(31-4)19(9-10-26(24)17-34-26)35-22(30)6-5-12-32-14-15-33-13-11-28-21(29)16-27/h7,19-20,23-24H,5-6,8-17,27H2,1-4H3,(H,28,29)/t19?,20-,23?,24?,25-,26+/m1/s1. The normalized spacial score (nSPS) is 32.7. The molecule has 206 valence electrons. The molecule has 3 N–H and O–H groups in total. The summed E-state index contributed by atoms with van der Waals surface area (Å²) >= 11 is 0. The summed E-state index contributed by atoms with van der Waals surface area (Å²) in [6, 6.07) is 0. The number of hydrogen-bond donors (Lipinski definition) is 2. The van der Waals surface area contributed by atoms with Crippen LogP contribution in [0.1, 0.15) is 52.9 Å². The number of methoxy groups -OCH3 is 1. The van der Waals surface area contributed by atoms with Crippen LogP contribution in [0.3, 0.4) is 0 Å². The fraction of sp³-hybridized carbons (Fsp3) is 0.846. The summed E-state index contributed by atoms with van der Waals surface area (Å²) in [4.78, 5) is 23.6. The van der Waals surface area contributed by atoms with Gasteiger partial charge in [-0.2, -0.15) is 0 Å². The van der Waals surface area contributed by atoms with Crippen LogP contribution in [-0.4, -0.2) is 94.6 Å². The highest BCUT2D eigenvalue weighted by Crippen LogP contribution is 2.59. The molecule has 3 fully saturated rings. The van der Waals surface area contributed by atoms with Gasteiger partial charge in [-0.05, 0) is 46.5 Å². The molecule has 10 heteroatoms. The van der Waals surface area contributed by atoms with E-state index in [2.05, 4.69) is 32.2 Å². The highest BCUT2D eigenvalue weighted by atomic mass is 16.6. The molecule has 1 saturated carbocycles. The van der Waals surface area contributed by atoms with Crippen LogP contribution in [0.25, 0.3) is 0 Å². The van der Waals surface area contributed by atoms with Crippen molar-refractivity contribution < 1.29 is 38.0 Å². The van der Waals surface area contributed by atoms with Crippen LogP contribution in [0, 0.1) is 5.92 Å². The minimum absolute atomic E-state index is 0.0177. The molecule has 2 saturated heterocycles. The average Bonchev–Trinajstić information content (AvgIpc) is 3.76. The van der Waals surface area contributed by atoms with Crippen LogP contribution in [-0.2, 0) is 38.0 Å². The Morgan fingerprint density at radius 3 is 2.53 bits per heavy atom. The Morgan fingerprint density at radius 2 is 1.89 bits per heavy atom. The fourth-order valence-electron chi connectivity index (χ4n) is 5.27. The largest absolute Gasteiger partial charge is 0.460 e. The maximum Gasteiger partial charge on any atom is 0.306 e. The zero-order valence-electron chi connectivity index (χ0n) is 22.2. The summed E-state index contributed by atoms with van der Waals surface area (Å²) in [5.41, 5.74) is 5.90. The Hall–Kier alpha value is -1.56. The van der Waals surface area contributed by atoms with Gasteiger partial charge in [-0.1, -0.05) is 11.6 Å². The number of allylic oxidation sites excluding steroid dienone is 1. The molecule has 0 aromatic rings. The smallest absolute Gasteiger partial charge is 0.306 e. The van der Waals surface area contributed by atoms with Crippen LogP contribution in [0.5, 0.6) is 0 Å². The Kier molecular flexibility index (Phi) is 10.7. The van der Waals surface area contributed by atoms with E-state index in [0.717, 1.165) is 19.3 Å². The van der Waals surface area contributed by atoms with Gasteiger partial charge in [-0.3, -0.25) is 9.59 Å². The van der Waals surface area contributed by atoms with Crippen molar-refractivity contribution in [1.82, 2.24) is 5.32 Å². The third-order valence-corrected chi connectivity index (χ3v) is 7.32. The number of carbonyl (C=O) groups is 2. The third kappa shape index (κ3) is 7.72. The summed E-state index contributed by atoms with van der Waals surface area (Å²) in [6.07, 6.45) is 5.00. The number of epoxide rings is 2. The first-order valence-corrected chi connectivity index (χ1v) is 13.1. The summed E-state index contributed by atoms with van der Waals surface area (Å²) in [7, 11) is 1.68. The SMILES string of the molecule is COC1C(OC(=O)CCCOCCOCCNC(=O)CN)CC[C@]2(CO2)C1[C@]1(C)O[C@@H]1CC=C(C)C. The van der Waals surface area contributed by atoms with E-state index in [1.54, 1.807) is 7.11 Å². The van der Waals surface area contributed by atoms with Gasteiger partial charge in [-0.25, -0.2) is 0 Å². The minimum Gasteiger partial charge on any atom is -0.460 e. The van der Waals surface area contributed by atoms with Crippen LogP contribution < -0.4 is 11.1 Å². The third-order valence-electron chi connectivity index (χ3n) is 7.32. The van der Waals surface area contributed by atoms with E-state index in [1.807, 2.05) is 0 Å². The van der Waals surface area contributed by atoms with Gasteiger partial charge in [0.15, 0.2) is 0 Å². The van der Waals surface area contributed by atoms with Gasteiger partial charge in [0.05, 0.1) is 45.0 Å². The van der Waals surface area contributed by atoms with E-state index in [-0.39, 0.29) is 60.3 Å². The zero-order valence-corrected chi connectivity index (χ0v) is 22.2. The van der Waals surface area contributed by atoms with Gasteiger partial charge in [0, 0.05) is 26.7 Å². The van der Waals surface area contributed by atoms with Crippen molar-refractivity contribution in [2.45, 2.75) is 82.4 Å². The van der Waals surface area contributed by atoms with Gasteiger partial charge in [-0.15, -0.1) is 0 Å². The Bertz CT molecular complexity index is 767. The Morgan fingerprint density at radius 1 is 1.17 bits per heavy atom. The number of nitrogens with one attached hydrogen (secondary N) is 1. The van der Waals surface area contributed by atoms with Gasteiger partial charge in [0.25, 0.3) is 0 Å². The molecule has 6 atom stereocenters. The maximum absolute atomic E-state index is 12.6. The van der Waals surface area contributed by atoms with Gasteiger partial charge >= 0.3 is 5.97 Å². The number of ether oxygens (including phenoxy) is 6. The van der Waals surface area contributed by atoms with Crippen molar-refractivity contribution in [2.24, 2.45) is 11.7 Å². The number of nitrogens with two attached hydrogens (primary N) is 1. The van der Waals surface area contributed by atoms with Crippen molar-refractivity contribution in [2.75, 3.05) is 53.2 Å². The molecule has 36 heavy (non-hydrogen) atoms. The Balaban J connectivity index is 1.36. The summed E-state index contributed by atoms with van der Waals surface area (Å²) in [5, 5.41) is 2.62. The highest BCUT2D eigenvalue weighted by molar-refractivity contribution is 5.77. The second-order valence-corrected chi connectivity index (χ2v) is 10.3. The van der Waals surface area contributed by atoms with E-state index in [4.69, 9.17) is 34.2 Å². The van der Waals surface area contributed by atoms with Crippen molar-refractivity contribution in [1.29, 1.82) is 0 Å². The molecule has 2 aliphatic heterocycles. The molecule has 1 spiro atoms. The van der Waals surface area contributed by atoms with Crippen molar-refractivity contribution >= 4 is 11.9 Å². The molecule has 0 aromatic carbocycles. The topological polar surface area (TPSA) is 134 Å². The number of carbonyl (C=O) groups excluding carboxylic acids is 2. The summed E-state index contributed by atoms with van der Waals surface area (Å²) in [5.74, 6) is -0.433. The minimum atomic E-state index is -0.347. The molecule has 1 aliphatic carbocycles. The highest BCUT2D eigenvalue weighted by Gasteiger charge is 2.72. The second-order valence-electron chi connectivity index (χ2n) is 10.3. The monoisotopic (exact) mass is 512 g/mol. The summed E-state index contributed by atoms with van der Waals surface area (Å²) < 4.78 is 34.9. The predicted molar refractivity (Wildman–Crippen MR) is 132 cm³/mol. The van der Waals surface area contributed by atoms with E-state index < -0.39 is 0 Å². The van der Waals surface area contributed by atoms with Gasteiger partial charge in [0.1, 0.15) is 23.4 Å². The van der Waals surface area contributed by atoms with Gasteiger partial charge < -0.3 is 39.5 Å². The maximum atomic E-state index is 12.6. The number of esters is 1. The first-order valence-electron chi connectivity index (χ1n) is 13.1. The zero-order chi connectivity index (χ0) is 26.2. The molecule has 2 heterocycles. The summed E-state index contributed by atoms with van der Waals surface area (Å²) in [6.45, 7) is 9.09. The fourth-order valence-corrected chi connectivity index (χ4v) is 5.27. The predicted octanol–water partition coefficient (Wildman–Crippen LogP) is 1.49. The average molecular weight is 513 g/mol. The molecule has 1 amide bonds. The van der Waals surface area contributed by atoms with Crippen LogP contribution in [0.2, 0.25) is 0 Å². The molecule has 0 aromatic heterocycles. The molecule has 0 bridgehead atoms. The lowest BCUT2D eigenvalue weighted by Crippen LogP contribution is -2.55. The molecular formula is C26H44N2O8. The van der Waals surface area contributed by atoms with E-state index in [9.17, 15) is 9.59 Å². The van der Waals surface area contributed by atoms with Gasteiger partial charge in [0.2, 0.25) is 5.91 Å².